The molecule has 2 aromatic rings. The third kappa shape index (κ3) is 4.40. The van der Waals surface area contributed by atoms with E-state index in [-0.39, 0.29) is 22.1 Å². The lowest BCUT2D eigenvalue weighted by molar-refractivity contribution is 0.0980. The van der Waals surface area contributed by atoms with Crippen molar-refractivity contribution in [2.75, 3.05) is 0 Å². The Morgan fingerprint density at radius 2 is 1.62 bits per heavy atom. The van der Waals surface area contributed by atoms with Crippen molar-refractivity contribution < 1.29 is 22.7 Å². The summed E-state index contributed by atoms with van der Waals surface area (Å²) in [6.07, 6.45) is -0.0438. The summed E-state index contributed by atoms with van der Waals surface area (Å²) < 4.78 is 32.3. The number of rotatable bonds is 6. The quantitative estimate of drug-likeness (QED) is 0.800. The molecule has 2 rings (SSSR count). The van der Waals surface area contributed by atoms with Crippen LogP contribution in [0.5, 0.6) is 5.75 Å². The lowest BCUT2D eigenvalue weighted by Gasteiger charge is -2.12. The van der Waals surface area contributed by atoms with Gasteiger partial charge in [-0.3, -0.25) is 9.59 Å². The molecule has 0 heterocycles. The number of benzene rings is 2. The Balaban J connectivity index is 2.25. The molecule has 138 valence electrons. The molecule has 0 unspecified atom stereocenters. The van der Waals surface area contributed by atoms with Gasteiger partial charge in [0.25, 0.3) is 15.9 Å². The molecule has 0 aliphatic rings. The highest BCUT2D eigenvalue weighted by Gasteiger charge is 2.21. The molecule has 0 aromatic heterocycles. The van der Waals surface area contributed by atoms with Gasteiger partial charge in [0, 0.05) is 11.1 Å². The third-order valence-electron chi connectivity index (χ3n) is 3.58. The van der Waals surface area contributed by atoms with Gasteiger partial charge >= 0.3 is 0 Å². The Morgan fingerprint density at radius 1 is 1.04 bits per heavy atom. The Kier molecular flexibility index (Phi) is 5.66. The molecule has 0 radical (unpaired) electrons. The topological polar surface area (TPSA) is 116 Å². The van der Waals surface area contributed by atoms with Gasteiger partial charge in [-0.05, 0) is 62.7 Å². The predicted molar refractivity (Wildman–Crippen MR) is 96.6 cm³/mol. The molecule has 0 saturated heterocycles. The first-order valence-electron chi connectivity index (χ1n) is 7.85. The van der Waals surface area contributed by atoms with Gasteiger partial charge < -0.3 is 10.5 Å². The predicted octanol–water partition coefficient (Wildman–Crippen LogP) is 2.00. The van der Waals surface area contributed by atoms with E-state index in [1.807, 2.05) is 18.6 Å². The van der Waals surface area contributed by atoms with Gasteiger partial charge in [0.05, 0.1) is 11.0 Å². The van der Waals surface area contributed by atoms with Crippen LogP contribution < -0.4 is 15.2 Å². The van der Waals surface area contributed by atoms with Crippen molar-refractivity contribution in [3.05, 3.63) is 59.2 Å². The molecule has 0 bridgehead atoms. The number of carbonyl (C=O) groups is 2. The summed E-state index contributed by atoms with van der Waals surface area (Å²) in [7, 11) is -4.07. The average molecular weight is 376 g/mol. The highest BCUT2D eigenvalue weighted by Crippen LogP contribution is 2.18. The Labute approximate surface area is 152 Å². The second kappa shape index (κ2) is 7.57. The Hall–Kier alpha value is -2.87. The number of hydrogen-bond donors (Lipinski definition) is 2. The van der Waals surface area contributed by atoms with Crippen LogP contribution in [-0.4, -0.2) is 26.3 Å². The normalized spacial score (nSPS) is 11.2. The van der Waals surface area contributed by atoms with Crippen molar-refractivity contribution in [3.8, 4) is 5.75 Å². The fraction of sp³-hybridized carbons (Fsp3) is 0.222. The molecule has 0 atom stereocenters. The van der Waals surface area contributed by atoms with Crippen LogP contribution in [0.4, 0.5) is 0 Å². The van der Waals surface area contributed by atoms with Crippen LogP contribution in [0.15, 0.2) is 47.4 Å². The largest absolute Gasteiger partial charge is 0.491 e. The summed E-state index contributed by atoms with van der Waals surface area (Å²) in [5.41, 5.74) is 5.78. The summed E-state index contributed by atoms with van der Waals surface area (Å²) in [5.74, 6) is -1.01. The monoisotopic (exact) mass is 376 g/mol. The number of primary amides is 1. The third-order valence-corrected chi connectivity index (χ3v) is 4.92. The first-order valence-corrected chi connectivity index (χ1v) is 9.33. The van der Waals surface area contributed by atoms with Crippen LogP contribution in [0, 0.1) is 6.92 Å². The summed E-state index contributed by atoms with van der Waals surface area (Å²) in [4.78, 5) is 23.7. The Morgan fingerprint density at radius 3 is 2.15 bits per heavy atom. The van der Waals surface area contributed by atoms with E-state index in [1.165, 1.54) is 49.4 Å². The summed E-state index contributed by atoms with van der Waals surface area (Å²) >= 11 is 0. The molecule has 2 aromatic carbocycles. The number of carbonyl (C=O) groups excluding carboxylic acids is 2. The highest BCUT2D eigenvalue weighted by molar-refractivity contribution is 7.90. The molecule has 3 N–H and O–H groups in total. The van der Waals surface area contributed by atoms with Crippen molar-refractivity contribution in [2.24, 2.45) is 5.73 Å². The van der Waals surface area contributed by atoms with Crippen LogP contribution in [-0.2, 0) is 10.0 Å². The fourth-order valence-electron chi connectivity index (χ4n) is 2.35. The van der Waals surface area contributed by atoms with Gasteiger partial charge in [-0.2, -0.15) is 0 Å². The maximum Gasteiger partial charge on any atom is 0.265 e. The first-order chi connectivity index (χ1) is 12.1. The number of ether oxygens (including phenoxy) is 1. The van der Waals surface area contributed by atoms with E-state index in [0.717, 1.165) is 0 Å². The molecule has 0 saturated carbocycles. The fourth-order valence-corrected chi connectivity index (χ4v) is 3.32. The molecule has 0 fully saturated rings. The van der Waals surface area contributed by atoms with Crippen molar-refractivity contribution in [3.63, 3.8) is 0 Å². The molecule has 0 aliphatic heterocycles. The lowest BCUT2D eigenvalue weighted by atomic mass is 10.0. The van der Waals surface area contributed by atoms with Gasteiger partial charge in [-0.1, -0.05) is 6.07 Å². The molecule has 26 heavy (non-hydrogen) atoms. The average Bonchev–Trinajstić information content (AvgIpc) is 2.54. The van der Waals surface area contributed by atoms with E-state index in [0.29, 0.717) is 11.3 Å². The standard InChI is InChI=1S/C18H20N2O5S/c1-11(2)25-13-7-9-14(10-8-13)26(23,24)20-18(22)16-6-4-5-15(12(16)3)17(19)21/h4-11H,1-3H3,(H2,19,21)(H,20,22). The molecule has 8 heteroatoms. The summed E-state index contributed by atoms with van der Waals surface area (Å²) in [6, 6.07) is 10.1. The van der Waals surface area contributed by atoms with Gasteiger partial charge in [-0.15, -0.1) is 0 Å². The van der Waals surface area contributed by atoms with Crippen LogP contribution in [0.25, 0.3) is 0 Å². The van der Waals surface area contributed by atoms with Gasteiger partial charge in [0.2, 0.25) is 5.91 Å². The zero-order chi connectivity index (χ0) is 19.5. The van der Waals surface area contributed by atoms with Crippen LogP contribution in [0.3, 0.4) is 0 Å². The van der Waals surface area contributed by atoms with Crippen molar-refractivity contribution in [1.82, 2.24) is 4.72 Å². The van der Waals surface area contributed by atoms with Crippen molar-refractivity contribution >= 4 is 21.8 Å². The highest BCUT2D eigenvalue weighted by atomic mass is 32.2. The lowest BCUT2D eigenvalue weighted by Crippen LogP contribution is -2.31. The molecule has 0 aliphatic carbocycles. The van der Waals surface area contributed by atoms with Gasteiger partial charge in [0.15, 0.2) is 0 Å². The smallest absolute Gasteiger partial charge is 0.265 e. The zero-order valence-electron chi connectivity index (χ0n) is 14.6. The van der Waals surface area contributed by atoms with Gasteiger partial charge in [-0.25, -0.2) is 13.1 Å². The van der Waals surface area contributed by atoms with E-state index in [2.05, 4.69) is 0 Å². The second-order valence-electron chi connectivity index (χ2n) is 5.92. The number of hydrogen-bond acceptors (Lipinski definition) is 5. The number of amides is 2. The van der Waals surface area contributed by atoms with E-state index < -0.39 is 21.8 Å². The van der Waals surface area contributed by atoms with Crippen molar-refractivity contribution in [1.29, 1.82) is 0 Å². The molecule has 7 nitrogen and oxygen atoms in total. The van der Waals surface area contributed by atoms with Crippen LogP contribution >= 0.6 is 0 Å². The zero-order valence-corrected chi connectivity index (χ0v) is 15.5. The maximum atomic E-state index is 12.4. The molecular formula is C18H20N2O5S. The number of sulfonamides is 1. The van der Waals surface area contributed by atoms with Crippen LogP contribution in [0.1, 0.15) is 40.1 Å². The SMILES string of the molecule is Cc1c(C(N)=O)cccc1C(=O)NS(=O)(=O)c1ccc(OC(C)C)cc1. The number of nitrogens with one attached hydrogen (secondary N) is 1. The van der Waals surface area contributed by atoms with E-state index >= 15 is 0 Å². The minimum Gasteiger partial charge on any atom is -0.491 e. The molecular weight excluding hydrogens is 356 g/mol. The summed E-state index contributed by atoms with van der Waals surface area (Å²) in [5, 5.41) is 0. The first kappa shape index (κ1) is 19.5. The van der Waals surface area contributed by atoms with E-state index in [4.69, 9.17) is 10.5 Å². The van der Waals surface area contributed by atoms with Crippen LogP contribution in [0.2, 0.25) is 0 Å². The summed E-state index contributed by atoms with van der Waals surface area (Å²) in [6.45, 7) is 5.24. The van der Waals surface area contributed by atoms with Gasteiger partial charge in [0.1, 0.15) is 5.75 Å². The Bertz CT molecular complexity index is 935. The molecule has 0 spiro atoms. The minimum atomic E-state index is -4.07. The molecule has 2 amide bonds. The second-order valence-corrected chi connectivity index (χ2v) is 7.60. The van der Waals surface area contributed by atoms with Crippen molar-refractivity contribution in [2.45, 2.75) is 31.8 Å². The minimum absolute atomic E-state index is 0.0438. The maximum absolute atomic E-state index is 12.4. The van der Waals surface area contributed by atoms with E-state index in [9.17, 15) is 18.0 Å². The van der Waals surface area contributed by atoms with E-state index in [1.54, 1.807) is 0 Å². The number of nitrogens with two attached hydrogens (primary N) is 1.